The standard InChI is InChI=1S/C13H17N3O2/c1-2-16(5-6-17)13(18)11-8-15-12-4-3-9(14)7-10(11)12/h3-4,7-8,15,17H,2,5-6,14H2,1H3. The fraction of sp³-hybridized carbons (Fsp3) is 0.308. The van der Waals surface area contributed by atoms with E-state index < -0.39 is 0 Å². The second kappa shape index (κ2) is 5.10. The number of aliphatic hydroxyl groups is 1. The average molecular weight is 247 g/mol. The van der Waals surface area contributed by atoms with E-state index in [2.05, 4.69) is 4.98 Å². The van der Waals surface area contributed by atoms with Crippen molar-refractivity contribution in [3.8, 4) is 0 Å². The van der Waals surface area contributed by atoms with Crippen molar-refractivity contribution in [1.82, 2.24) is 9.88 Å². The lowest BCUT2D eigenvalue weighted by Crippen LogP contribution is -2.33. The molecule has 1 amide bonds. The van der Waals surface area contributed by atoms with E-state index >= 15 is 0 Å². The zero-order chi connectivity index (χ0) is 13.1. The van der Waals surface area contributed by atoms with Crippen LogP contribution in [0.25, 0.3) is 10.9 Å². The molecule has 0 fully saturated rings. The van der Waals surface area contributed by atoms with Gasteiger partial charge in [0.05, 0.1) is 12.2 Å². The number of hydrogen-bond donors (Lipinski definition) is 3. The van der Waals surface area contributed by atoms with Crippen LogP contribution in [0.5, 0.6) is 0 Å². The lowest BCUT2D eigenvalue weighted by Gasteiger charge is -2.19. The second-order valence-electron chi connectivity index (χ2n) is 4.12. The summed E-state index contributed by atoms with van der Waals surface area (Å²) in [5.41, 5.74) is 7.84. The molecule has 0 saturated carbocycles. The van der Waals surface area contributed by atoms with E-state index in [1.807, 2.05) is 13.0 Å². The van der Waals surface area contributed by atoms with E-state index in [4.69, 9.17) is 10.8 Å². The Hall–Kier alpha value is -2.01. The predicted octanol–water partition coefficient (Wildman–Crippen LogP) is 1.20. The van der Waals surface area contributed by atoms with Crippen molar-refractivity contribution in [3.05, 3.63) is 30.0 Å². The first-order valence-electron chi connectivity index (χ1n) is 5.94. The number of hydrogen-bond acceptors (Lipinski definition) is 3. The minimum absolute atomic E-state index is 0.0376. The van der Waals surface area contributed by atoms with Crippen molar-refractivity contribution in [2.45, 2.75) is 6.92 Å². The number of fused-ring (bicyclic) bond motifs is 1. The van der Waals surface area contributed by atoms with Crippen molar-refractivity contribution in [1.29, 1.82) is 0 Å². The molecule has 2 rings (SSSR count). The number of likely N-dealkylation sites (N-methyl/N-ethyl adjacent to an activating group) is 1. The number of H-pyrrole nitrogens is 1. The Morgan fingerprint density at radius 2 is 2.28 bits per heavy atom. The van der Waals surface area contributed by atoms with E-state index in [0.29, 0.717) is 24.3 Å². The molecule has 5 heteroatoms. The number of aromatic nitrogens is 1. The highest BCUT2D eigenvalue weighted by Crippen LogP contribution is 2.22. The molecule has 0 atom stereocenters. The Morgan fingerprint density at radius 1 is 1.50 bits per heavy atom. The molecule has 1 aromatic carbocycles. The lowest BCUT2D eigenvalue weighted by atomic mass is 10.1. The first kappa shape index (κ1) is 12.4. The number of benzene rings is 1. The number of amides is 1. The second-order valence-corrected chi connectivity index (χ2v) is 4.12. The molecule has 18 heavy (non-hydrogen) atoms. The minimum Gasteiger partial charge on any atom is -0.399 e. The Labute approximate surface area is 105 Å². The molecule has 0 saturated heterocycles. The highest BCUT2D eigenvalue weighted by Gasteiger charge is 2.17. The first-order chi connectivity index (χ1) is 8.67. The fourth-order valence-corrected chi connectivity index (χ4v) is 2.01. The molecule has 4 N–H and O–H groups in total. The highest BCUT2D eigenvalue weighted by molar-refractivity contribution is 6.07. The van der Waals surface area contributed by atoms with Gasteiger partial charge in [0.1, 0.15) is 0 Å². The number of carbonyl (C=O) groups excluding carboxylic acids is 1. The summed E-state index contributed by atoms with van der Waals surface area (Å²) in [6, 6.07) is 5.42. The number of nitrogens with two attached hydrogens (primary N) is 1. The molecule has 0 radical (unpaired) electrons. The summed E-state index contributed by atoms with van der Waals surface area (Å²) in [6.07, 6.45) is 1.69. The molecular weight excluding hydrogens is 230 g/mol. The van der Waals surface area contributed by atoms with Gasteiger partial charge in [-0.05, 0) is 25.1 Å². The van der Waals surface area contributed by atoms with Crippen LogP contribution in [0.15, 0.2) is 24.4 Å². The van der Waals surface area contributed by atoms with Gasteiger partial charge < -0.3 is 20.7 Å². The average Bonchev–Trinajstić information content (AvgIpc) is 2.78. The SMILES string of the molecule is CCN(CCO)C(=O)c1c[nH]c2ccc(N)cc12. The van der Waals surface area contributed by atoms with Crippen molar-refractivity contribution in [2.75, 3.05) is 25.4 Å². The summed E-state index contributed by atoms with van der Waals surface area (Å²) < 4.78 is 0. The van der Waals surface area contributed by atoms with Gasteiger partial charge in [0.25, 0.3) is 5.91 Å². The molecule has 0 unspecified atom stereocenters. The number of rotatable bonds is 4. The van der Waals surface area contributed by atoms with Crippen LogP contribution in [0.3, 0.4) is 0 Å². The van der Waals surface area contributed by atoms with Crippen molar-refractivity contribution < 1.29 is 9.90 Å². The molecule has 2 aromatic rings. The number of nitrogen functional groups attached to an aromatic ring is 1. The fourth-order valence-electron chi connectivity index (χ4n) is 2.01. The summed E-state index contributed by atoms with van der Waals surface area (Å²) >= 11 is 0. The monoisotopic (exact) mass is 247 g/mol. The Morgan fingerprint density at radius 3 is 2.94 bits per heavy atom. The molecule has 0 aliphatic rings. The molecule has 5 nitrogen and oxygen atoms in total. The smallest absolute Gasteiger partial charge is 0.256 e. The van der Waals surface area contributed by atoms with E-state index in [9.17, 15) is 4.79 Å². The maximum absolute atomic E-state index is 12.3. The molecule has 0 aliphatic carbocycles. The maximum atomic E-state index is 12.3. The van der Waals surface area contributed by atoms with E-state index in [1.54, 1.807) is 23.2 Å². The van der Waals surface area contributed by atoms with Crippen LogP contribution >= 0.6 is 0 Å². The molecular formula is C13H17N3O2. The van der Waals surface area contributed by atoms with E-state index in [-0.39, 0.29) is 12.5 Å². The largest absolute Gasteiger partial charge is 0.399 e. The van der Waals surface area contributed by atoms with Crippen LogP contribution in [0.1, 0.15) is 17.3 Å². The maximum Gasteiger partial charge on any atom is 0.256 e. The molecule has 0 spiro atoms. The number of nitrogens with zero attached hydrogens (tertiary/aromatic N) is 1. The van der Waals surface area contributed by atoms with E-state index in [0.717, 1.165) is 10.9 Å². The van der Waals surface area contributed by atoms with Gasteiger partial charge in [0.15, 0.2) is 0 Å². The van der Waals surface area contributed by atoms with Gasteiger partial charge in [-0.25, -0.2) is 0 Å². The van der Waals surface area contributed by atoms with E-state index in [1.165, 1.54) is 0 Å². The van der Waals surface area contributed by atoms with Crippen LogP contribution in [-0.2, 0) is 0 Å². The Balaban J connectivity index is 2.41. The van der Waals surface area contributed by atoms with Gasteiger partial charge in [-0.1, -0.05) is 0 Å². The number of carbonyl (C=O) groups is 1. The first-order valence-corrected chi connectivity index (χ1v) is 5.94. The number of anilines is 1. The van der Waals surface area contributed by atoms with Crippen molar-refractivity contribution in [2.24, 2.45) is 0 Å². The van der Waals surface area contributed by atoms with Gasteiger partial charge in [-0.2, -0.15) is 0 Å². The third kappa shape index (κ3) is 2.17. The topological polar surface area (TPSA) is 82.3 Å². The summed E-state index contributed by atoms with van der Waals surface area (Å²) in [7, 11) is 0. The predicted molar refractivity (Wildman–Crippen MR) is 71.4 cm³/mol. The van der Waals surface area contributed by atoms with Gasteiger partial charge in [-0.15, -0.1) is 0 Å². The van der Waals surface area contributed by atoms with Crippen LogP contribution < -0.4 is 5.73 Å². The Bertz CT molecular complexity index is 562. The van der Waals surface area contributed by atoms with Gasteiger partial charge in [-0.3, -0.25) is 4.79 Å². The van der Waals surface area contributed by atoms with Crippen LogP contribution in [0, 0.1) is 0 Å². The number of nitrogens with one attached hydrogen (secondary N) is 1. The third-order valence-corrected chi connectivity index (χ3v) is 2.98. The lowest BCUT2D eigenvalue weighted by molar-refractivity contribution is 0.0734. The normalized spacial score (nSPS) is 10.8. The van der Waals surface area contributed by atoms with Crippen LogP contribution in [0.2, 0.25) is 0 Å². The minimum atomic E-state index is -0.0941. The molecule has 1 heterocycles. The molecule has 96 valence electrons. The zero-order valence-corrected chi connectivity index (χ0v) is 10.3. The van der Waals surface area contributed by atoms with Gasteiger partial charge >= 0.3 is 0 Å². The quantitative estimate of drug-likeness (QED) is 0.710. The summed E-state index contributed by atoms with van der Waals surface area (Å²) in [5, 5.41) is 9.77. The highest BCUT2D eigenvalue weighted by atomic mass is 16.3. The Kier molecular flexibility index (Phi) is 3.53. The molecule has 0 bridgehead atoms. The van der Waals surface area contributed by atoms with Gasteiger partial charge in [0, 0.05) is 35.9 Å². The van der Waals surface area contributed by atoms with Crippen LogP contribution in [-0.4, -0.2) is 40.6 Å². The van der Waals surface area contributed by atoms with Gasteiger partial charge in [0.2, 0.25) is 0 Å². The molecule has 1 aromatic heterocycles. The van der Waals surface area contributed by atoms with Crippen LogP contribution in [0.4, 0.5) is 5.69 Å². The zero-order valence-electron chi connectivity index (χ0n) is 10.3. The molecule has 0 aliphatic heterocycles. The summed E-state index contributed by atoms with van der Waals surface area (Å²) in [4.78, 5) is 17.0. The number of aromatic amines is 1. The summed E-state index contributed by atoms with van der Waals surface area (Å²) in [6.45, 7) is 2.75. The van der Waals surface area contributed by atoms with Crippen molar-refractivity contribution in [3.63, 3.8) is 0 Å². The van der Waals surface area contributed by atoms with Crippen molar-refractivity contribution >= 4 is 22.5 Å². The number of aliphatic hydroxyl groups excluding tert-OH is 1. The summed E-state index contributed by atoms with van der Waals surface area (Å²) in [5.74, 6) is -0.0941. The third-order valence-electron chi connectivity index (χ3n) is 2.98.